The predicted molar refractivity (Wildman–Crippen MR) is 58.4 cm³/mol. The SMILES string of the molecule is NC(CCc1nc2ccccc2[nH]1)C(F)(F)F. The van der Waals surface area contributed by atoms with Gasteiger partial charge in [0.15, 0.2) is 0 Å². The average molecular weight is 243 g/mol. The normalized spacial score (nSPS) is 14.1. The van der Waals surface area contributed by atoms with Crippen molar-refractivity contribution in [2.45, 2.75) is 25.1 Å². The molecule has 1 atom stereocenters. The number of fused-ring (bicyclic) bond motifs is 1. The number of H-pyrrole nitrogens is 1. The van der Waals surface area contributed by atoms with Crippen LogP contribution in [0.2, 0.25) is 0 Å². The van der Waals surface area contributed by atoms with Crippen molar-refractivity contribution in [1.29, 1.82) is 0 Å². The van der Waals surface area contributed by atoms with Gasteiger partial charge in [-0.1, -0.05) is 12.1 Å². The smallest absolute Gasteiger partial charge is 0.342 e. The minimum atomic E-state index is -4.34. The Morgan fingerprint density at radius 3 is 2.65 bits per heavy atom. The molecule has 1 aromatic carbocycles. The van der Waals surface area contributed by atoms with Crippen LogP contribution in [0, 0.1) is 0 Å². The van der Waals surface area contributed by atoms with Gasteiger partial charge in [0, 0.05) is 6.42 Å². The summed E-state index contributed by atoms with van der Waals surface area (Å²) in [4.78, 5) is 7.16. The standard InChI is InChI=1S/C11H12F3N3/c12-11(13,14)9(15)5-6-10-16-7-3-1-2-4-8(7)17-10/h1-4,9H,5-6,15H2,(H,16,17). The van der Waals surface area contributed by atoms with Crippen molar-refractivity contribution in [1.82, 2.24) is 9.97 Å². The molecule has 0 spiro atoms. The zero-order valence-corrected chi connectivity index (χ0v) is 8.96. The number of rotatable bonds is 3. The highest BCUT2D eigenvalue weighted by Crippen LogP contribution is 2.22. The molecule has 0 radical (unpaired) electrons. The van der Waals surface area contributed by atoms with Gasteiger partial charge >= 0.3 is 6.18 Å². The molecule has 92 valence electrons. The number of alkyl halides is 3. The number of aryl methyl sites for hydroxylation is 1. The Hall–Kier alpha value is -1.56. The van der Waals surface area contributed by atoms with Crippen LogP contribution in [0.15, 0.2) is 24.3 Å². The maximum atomic E-state index is 12.2. The van der Waals surface area contributed by atoms with Crippen LogP contribution >= 0.6 is 0 Å². The van der Waals surface area contributed by atoms with Gasteiger partial charge in [-0.25, -0.2) is 4.98 Å². The average Bonchev–Trinajstić information content (AvgIpc) is 2.66. The zero-order chi connectivity index (χ0) is 12.5. The summed E-state index contributed by atoms with van der Waals surface area (Å²) in [6, 6.07) is 5.50. The van der Waals surface area contributed by atoms with Gasteiger partial charge in [-0.05, 0) is 18.6 Å². The molecule has 0 fully saturated rings. The molecule has 1 aromatic heterocycles. The highest BCUT2D eigenvalue weighted by molar-refractivity contribution is 5.74. The Kier molecular flexibility index (Phi) is 3.06. The summed E-state index contributed by atoms with van der Waals surface area (Å²) in [7, 11) is 0. The summed E-state index contributed by atoms with van der Waals surface area (Å²) in [6.07, 6.45) is -4.31. The summed E-state index contributed by atoms with van der Waals surface area (Å²) < 4.78 is 36.6. The Balaban J connectivity index is 2.04. The Morgan fingerprint density at radius 1 is 1.29 bits per heavy atom. The van der Waals surface area contributed by atoms with Crippen molar-refractivity contribution in [2.75, 3.05) is 0 Å². The third-order valence-electron chi connectivity index (χ3n) is 2.55. The number of para-hydroxylation sites is 2. The lowest BCUT2D eigenvalue weighted by Gasteiger charge is -2.14. The van der Waals surface area contributed by atoms with E-state index in [-0.39, 0.29) is 12.8 Å². The van der Waals surface area contributed by atoms with E-state index >= 15 is 0 Å². The summed E-state index contributed by atoms with van der Waals surface area (Å²) >= 11 is 0. The predicted octanol–water partition coefficient (Wildman–Crippen LogP) is 2.39. The van der Waals surface area contributed by atoms with Gasteiger partial charge in [0.05, 0.1) is 11.0 Å². The van der Waals surface area contributed by atoms with E-state index in [0.717, 1.165) is 11.0 Å². The van der Waals surface area contributed by atoms with Crippen LogP contribution in [0.1, 0.15) is 12.2 Å². The van der Waals surface area contributed by atoms with E-state index in [1.165, 1.54) is 0 Å². The molecule has 0 aliphatic rings. The number of hydrogen-bond acceptors (Lipinski definition) is 2. The molecule has 0 bridgehead atoms. The molecule has 17 heavy (non-hydrogen) atoms. The lowest BCUT2D eigenvalue weighted by atomic mass is 10.1. The van der Waals surface area contributed by atoms with Gasteiger partial charge in [0.1, 0.15) is 11.9 Å². The van der Waals surface area contributed by atoms with Crippen LogP contribution in [0.3, 0.4) is 0 Å². The fourth-order valence-electron chi connectivity index (χ4n) is 1.58. The van der Waals surface area contributed by atoms with Gasteiger partial charge in [0.2, 0.25) is 0 Å². The van der Waals surface area contributed by atoms with E-state index in [1.54, 1.807) is 6.07 Å². The van der Waals surface area contributed by atoms with Gasteiger partial charge in [-0.2, -0.15) is 13.2 Å². The van der Waals surface area contributed by atoms with Crippen molar-refractivity contribution in [3.8, 4) is 0 Å². The van der Waals surface area contributed by atoms with Gasteiger partial charge in [-0.3, -0.25) is 0 Å². The maximum Gasteiger partial charge on any atom is 0.403 e. The lowest BCUT2D eigenvalue weighted by Crippen LogP contribution is -2.37. The van der Waals surface area contributed by atoms with Crippen molar-refractivity contribution in [3.63, 3.8) is 0 Å². The molecular formula is C11H12F3N3. The van der Waals surface area contributed by atoms with E-state index in [0.29, 0.717) is 5.82 Å². The van der Waals surface area contributed by atoms with Crippen molar-refractivity contribution in [2.24, 2.45) is 5.73 Å². The fraction of sp³-hybridized carbons (Fsp3) is 0.364. The first-order valence-electron chi connectivity index (χ1n) is 5.23. The third-order valence-corrected chi connectivity index (χ3v) is 2.55. The third kappa shape index (κ3) is 2.76. The molecule has 3 N–H and O–H groups in total. The Morgan fingerprint density at radius 2 is 2.00 bits per heavy atom. The number of nitrogens with one attached hydrogen (secondary N) is 1. The van der Waals surface area contributed by atoms with Gasteiger partial charge in [-0.15, -0.1) is 0 Å². The highest BCUT2D eigenvalue weighted by Gasteiger charge is 2.36. The van der Waals surface area contributed by atoms with Crippen LogP contribution in [-0.2, 0) is 6.42 Å². The lowest BCUT2D eigenvalue weighted by molar-refractivity contribution is -0.148. The van der Waals surface area contributed by atoms with Crippen molar-refractivity contribution in [3.05, 3.63) is 30.1 Å². The first-order valence-corrected chi connectivity index (χ1v) is 5.23. The molecule has 0 aliphatic carbocycles. The first kappa shape index (κ1) is 11.9. The second kappa shape index (κ2) is 4.37. The molecule has 0 aliphatic heterocycles. The molecule has 2 rings (SSSR count). The second-order valence-electron chi connectivity index (χ2n) is 3.89. The topological polar surface area (TPSA) is 54.7 Å². The summed E-state index contributed by atoms with van der Waals surface area (Å²) in [5.41, 5.74) is 6.60. The Labute approximate surface area is 95.8 Å². The van der Waals surface area contributed by atoms with Crippen LogP contribution in [0.4, 0.5) is 13.2 Å². The molecule has 0 saturated heterocycles. The van der Waals surface area contributed by atoms with Crippen LogP contribution in [0.25, 0.3) is 11.0 Å². The summed E-state index contributed by atoms with van der Waals surface area (Å²) in [5, 5.41) is 0. The van der Waals surface area contributed by atoms with E-state index in [2.05, 4.69) is 9.97 Å². The quantitative estimate of drug-likeness (QED) is 0.869. The van der Waals surface area contributed by atoms with E-state index in [9.17, 15) is 13.2 Å². The van der Waals surface area contributed by atoms with E-state index in [1.807, 2.05) is 18.2 Å². The van der Waals surface area contributed by atoms with Gasteiger partial charge in [0.25, 0.3) is 0 Å². The molecule has 1 heterocycles. The molecule has 6 heteroatoms. The molecule has 1 unspecified atom stereocenters. The fourth-order valence-corrected chi connectivity index (χ4v) is 1.58. The molecule has 0 amide bonds. The first-order chi connectivity index (χ1) is 7.97. The zero-order valence-electron chi connectivity index (χ0n) is 8.96. The number of hydrogen-bond donors (Lipinski definition) is 2. The van der Waals surface area contributed by atoms with Crippen molar-refractivity contribution < 1.29 is 13.2 Å². The van der Waals surface area contributed by atoms with Crippen LogP contribution in [-0.4, -0.2) is 22.2 Å². The monoisotopic (exact) mass is 243 g/mol. The summed E-state index contributed by atoms with van der Waals surface area (Å²) in [6.45, 7) is 0. The maximum absolute atomic E-state index is 12.2. The van der Waals surface area contributed by atoms with E-state index < -0.39 is 12.2 Å². The highest BCUT2D eigenvalue weighted by atomic mass is 19.4. The summed E-state index contributed by atoms with van der Waals surface area (Å²) in [5.74, 6) is 0.533. The number of nitrogens with two attached hydrogens (primary N) is 1. The molecule has 3 nitrogen and oxygen atoms in total. The molecular weight excluding hydrogens is 231 g/mol. The molecule has 0 saturated carbocycles. The Bertz CT molecular complexity index is 471. The molecule has 2 aromatic rings. The number of benzene rings is 1. The van der Waals surface area contributed by atoms with E-state index in [4.69, 9.17) is 5.73 Å². The number of halogens is 3. The minimum absolute atomic E-state index is 0.163. The van der Waals surface area contributed by atoms with Crippen LogP contribution < -0.4 is 5.73 Å². The van der Waals surface area contributed by atoms with Crippen LogP contribution in [0.5, 0.6) is 0 Å². The number of nitrogens with zero attached hydrogens (tertiary/aromatic N) is 1. The largest absolute Gasteiger partial charge is 0.403 e. The van der Waals surface area contributed by atoms with Gasteiger partial charge < -0.3 is 10.7 Å². The number of aromatic amines is 1. The second-order valence-corrected chi connectivity index (χ2v) is 3.89. The van der Waals surface area contributed by atoms with Crippen molar-refractivity contribution >= 4 is 11.0 Å². The number of aromatic nitrogens is 2. The number of imidazole rings is 1. The minimum Gasteiger partial charge on any atom is -0.342 e.